The van der Waals surface area contributed by atoms with Crippen LogP contribution in [0.5, 0.6) is 0 Å². The van der Waals surface area contributed by atoms with E-state index in [1.54, 1.807) is 24.3 Å². The first-order chi connectivity index (χ1) is 12.4. The van der Waals surface area contributed by atoms with Crippen LogP contribution in [0.25, 0.3) is 0 Å². The molecule has 0 aliphatic carbocycles. The van der Waals surface area contributed by atoms with Crippen molar-refractivity contribution in [1.82, 2.24) is 14.7 Å². The number of hydrogen-bond acceptors (Lipinski definition) is 5. The van der Waals surface area contributed by atoms with Gasteiger partial charge in [0, 0.05) is 5.69 Å². The lowest BCUT2D eigenvalue weighted by atomic mass is 10.1. The van der Waals surface area contributed by atoms with Crippen molar-refractivity contribution in [1.29, 1.82) is 5.26 Å². The number of hydrogen-bond donors (Lipinski definition) is 3. The normalized spacial score (nSPS) is 15.9. The number of urea groups is 1. The first kappa shape index (κ1) is 18.2. The zero-order valence-corrected chi connectivity index (χ0v) is 15.5. The van der Waals surface area contributed by atoms with E-state index in [1.165, 1.54) is 9.58 Å². The SMILES string of the molecule is N#Cc1ccc(NC(=O)N2Cc3c(C(=O)O)c(I)nn3CC2CO)cc1. The average molecular weight is 467 g/mol. The Morgan fingerprint density at radius 2 is 2.08 bits per heavy atom. The van der Waals surface area contributed by atoms with Crippen LogP contribution < -0.4 is 5.32 Å². The number of aromatic carboxylic acids is 1. The van der Waals surface area contributed by atoms with Crippen molar-refractivity contribution >= 4 is 40.3 Å². The minimum atomic E-state index is -1.11. The molecule has 0 bridgehead atoms. The van der Waals surface area contributed by atoms with Gasteiger partial charge in [-0.05, 0) is 46.9 Å². The molecule has 3 N–H and O–H groups in total. The highest BCUT2D eigenvalue weighted by Gasteiger charge is 2.34. The fourth-order valence-electron chi connectivity index (χ4n) is 2.79. The molecule has 9 nitrogen and oxygen atoms in total. The fraction of sp³-hybridized carbons (Fsp3) is 0.250. The van der Waals surface area contributed by atoms with E-state index in [2.05, 4.69) is 10.4 Å². The number of carboxylic acid groups (broad SMARTS) is 1. The van der Waals surface area contributed by atoms with Crippen LogP contribution in [0.4, 0.5) is 10.5 Å². The van der Waals surface area contributed by atoms with Gasteiger partial charge in [-0.2, -0.15) is 10.4 Å². The van der Waals surface area contributed by atoms with E-state index in [1.807, 2.05) is 28.7 Å². The largest absolute Gasteiger partial charge is 0.478 e. The second-order valence-corrected chi connectivity index (χ2v) is 6.71. The van der Waals surface area contributed by atoms with Gasteiger partial charge in [-0.3, -0.25) is 4.68 Å². The third-order valence-electron chi connectivity index (χ3n) is 4.11. The number of aliphatic hydroxyl groups is 1. The number of halogens is 1. The van der Waals surface area contributed by atoms with Crippen molar-refractivity contribution in [3.63, 3.8) is 0 Å². The number of aromatic nitrogens is 2. The predicted octanol–water partition coefficient (Wildman–Crippen LogP) is 1.47. The predicted molar refractivity (Wildman–Crippen MR) is 98.5 cm³/mol. The molecule has 26 heavy (non-hydrogen) atoms. The molecular weight excluding hydrogens is 453 g/mol. The maximum atomic E-state index is 12.6. The summed E-state index contributed by atoms with van der Waals surface area (Å²) >= 11 is 1.84. The first-order valence-electron chi connectivity index (χ1n) is 7.61. The summed E-state index contributed by atoms with van der Waals surface area (Å²) in [5.41, 5.74) is 1.45. The zero-order valence-electron chi connectivity index (χ0n) is 13.4. The van der Waals surface area contributed by atoms with Crippen LogP contribution in [0.1, 0.15) is 21.6 Å². The zero-order chi connectivity index (χ0) is 18.8. The molecule has 1 aromatic heterocycles. The number of carbonyl (C=O) groups excluding carboxylic acids is 1. The molecule has 2 amide bonds. The molecule has 10 heteroatoms. The van der Waals surface area contributed by atoms with Gasteiger partial charge in [0.2, 0.25) is 0 Å². The summed E-state index contributed by atoms with van der Waals surface area (Å²) in [6, 6.07) is 7.36. The Morgan fingerprint density at radius 3 is 2.65 bits per heavy atom. The third-order valence-corrected chi connectivity index (χ3v) is 4.87. The van der Waals surface area contributed by atoms with Gasteiger partial charge in [0.1, 0.15) is 9.26 Å². The number of aliphatic hydroxyl groups excluding tert-OH is 1. The Morgan fingerprint density at radius 1 is 1.38 bits per heavy atom. The van der Waals surface area contributed by atoms with Gasteiger partial charge in [0.05, 0.1) is 43.1 Å². The van der Waals surface area contributed by atoms with Gasteiger partial charge in [-0.15, -0.1) is 0 Å². The standard InChI is InChI=1S/C16H14IN5O4/c17-14-13(15(24)25)12-7-21(11(8-23)6-22(12)20-14)16(26)19-10-3-1-9(5-18)2-4-10/h1-4,11,23H,6-8H2,(H,19,26)(H,24,25). The molecular formula is C16H14IN5O4. The molecule has 1 atom stereocenters. The molecule has 0 saturated heterocycles. The lowest BCUT2D eigenvalue weighted by Gasteiger charge is -2.35. The highest BCUT2D eigenvalue weighted by Crippen LogP contribution is 2.25. The number of benzene rings is 1. The molecule has 1 unspecified atom stereocenters. The number of carboxylic acids is 1. The summed E-state index contributed by atoms with van der Waals surface area (Å²) in [6.07, 6.45) is 0. The van der Waals surface area contributed by atoms with E-state index in [0.29, 0.717) is 20.6 Å². The van der Waals surface area contributed by atoms with E-state index in [0.717, 1.165) is 0 Å². The van der Waals surface area contributed by atoms with Gasteiger partial charge in [0.25, 0.3) is 0 Å². The maximum absolute atomic E-state index is 12.6. The monoisotopic (exact) mass is 467 g/mol. The van der Waals surface area contributed by atoms with Gasteiger partial charge in [0.15, 0.2) is 0 Å². The van der Waals surface area contributed by atoms with Gasteiger partial charge < -0.3 is 20.4 Å². The van der Waals surface area contributed by atoms with Gasteiger partial charge in [-0.1, -0.05) is 0 Å². The van der Waals surface area contributed by atoms with Crippen LogP contribution in [0.3, 0.4) is 0 Å². The minimum Gasteiger partial charge on any atom is -0.478 e. The number of fused-ring (bicyclic) bond motifs is 1. The van der Waals surface area contributed by atoms with Crippen LogP contribution in [-0.2, 0) is 13.1 Å². The number of carbonyl (C=O) groups is 2. The molecule has 0 saturated carbocycles. The number of anilines is 1. The molecule has 134 valence electrons. The van der Waals surface area contributed by atoms with Crippen molar-refractivity contribution in [2.24, 2.45) is 0 Å². The average Bonchev–Trinajstić information content (AvgIpc) is 2.95. The number of nitriles is 1. The quantitative estimate of drug-likeness (QED) is 0.586. The van der Waals surface area contributed by atoms with Crippen LogP contribution in [-0.4, -0.2) is 49.5 Å². The van der Waals surface area contributed by atoms with Gasteiger partial charge >= 0.3 is 12.0 Å². The van der Waals surface area contributed by atoms with E-state index < -0.39 is 18.0 Å². The highest BCUT2D eigenvalue weighted by molar-refractivity contribution is 14.1. The molecule has 1 aliphatic heterocycles. The summed E-state index contributed by atoms with van der Waals surface area (Å²) < 4.78 is 1.87. The maximum Gasteiger partial charge on any atom is 0.340 e. The summed E-state index contributed by atoms with van der Waals surface area (Å²) in [5.74, 6) is -1.11. The van der Waals surface area contributed by atoms with Crippen molar-refractivity contribution in [2.75, 3.05) is 11.9 Å². The molecule has 0 radical (unpaired) electrons. The van der Waals surface area contributed by atoms with Crippen LogP contribution in [0.15, 0.2) is 24.3 Å². The minimum absolute atomic E-state index is 0.0188. The highest BCUT2D eigenvalue weighted by atomic mass is 127. The molecule has 0 spiro atoms. The third kappa shape index (κ3) is 3.35. The second-order valence-electron chi connectivity index (χ2n) is 5.68. The van der Waals surface area contributed by atoms with E-state index in [4.69, 9.17) is 5.26 Å². The second kappa shape index (κ2) is 7.30. The summed E-state index contributed by atoms with van der Waals surface area (Å²) in [7, 11) is 0. The van der Waals surface area contributed by atoms with Crippen molar-refractivity contribution in [2.45, 2.75) is 19.1 Å². The van der Waals surface area contributed by atoms with Gasteiger partial charge in [-0.25, -0.2) is 9.59 Å². The molecule has 1 aromatic carbocycles. The molecule has 3 rings (SSSR count). The number of rotatable bonds is 3. The van der Waals surface area contributed by atoms with Crippen LogP contribution in [0, 0.1) is 15.0 Å². The van der Waals surface area contributed by atoms with Crippen molar-refractivity contribution < 1.29 is 19.8 Å². The van der Waals surface area contributed by atoms with Crippen molar-refractivity contribution in [3.8, 4) is 6.07 Å². The molecule has 1 aliphatic rings. The number of nitrogens with zero attached hydrogens (tertiary/aromatic N) is 4. The van der Waals surface area contributed by atoms with Crippen LogP contribution >= 0.6 is 22.6 Å². The smallest absolute Gasteiger partial charge is 0.340 e. The number of nitrogens with one attached hydrogen (secondary N) is 1. The van der Waals surface area contributed by atoms with Crippen molar-refractivity contribution in [3.05, 3.63) is 44.8 Å². The molecule has 2 aromatic rings. The Labute approximate surface area is 162 Å². The fourth-order valence-corrected chi connectivity index (χ4v) is 3.60. The topological polar surface area (TPSA) is 131 Å². The van der Waals surface area contributed by atoms with Crippen LogP contribution in [0.2, 0.25) is 0 Å². The lowest BCUT2D eigenvalue weighted by molar-refractivity contribution is 0.0687. The lowest BCUT2D eigenvalue weighted by Crippen LogP contribution is -2.50. The van der Waals surface area contributed by atoms with E-state index in [9.17, 15) is 19.8 Å². The Balaban J connectivity index is 1.85. The first-order valence-corrected chi connectivity index (χ1v) is 8.69. The Hall–Kier alpha value is -2.65. The summed E-state index contributed by atoms with van der Waals surface area (Å²) in [4.78, 5) is 25.5. The summed E-state index contributed by atoms with van der Waals surface area (Å²) in [6.45, 7) is -0.0556. The Kier molecular flexibility index (Phi) is 5.10. The Bertz CT molecular complexity index is 903. The number of amides is 2. The van der Waals surface area contributed by atoms with E-state index >= 15 is 0 Å². The molecule has 2 heterocycles. The summed E-state index contributed by atoms with van der Waals surface area (Å²) in [5, 5.41) is 34.7. The van der Waals surface area contributed by atoms with E-state index in [-0.39, 0.29) is 25.3 Å². The molecule has 0 fully saturated rings.